The van der Waals surface area contributed by atoms with Crippen LogP contribution in [0.5, 0.6) is 0 Å². The monoisotopic (exact) mass is 199 g/mol. The number of methoxy groups -OCH3 is 1. The minimum Gasteiger partial charge on any atom is -0.453 e. The molecule has 0 aromatic rings. The normalized spacial score (nSPS) is 32.2. The van der Waals surface area contributed by atoms with Crippen LogP contribution in [-0.2, 0) is 9.47 Å². The minimum absolute atomic E-state index is 0.204. The predicted octanol–water partition coefficient (Wildman–Crippen LogP) is 1.40. The second-order valence-electron chi connectivity index (χ2n) is 3.92. The summed E-state index contributed by atoms with van der Waals surface area (Å²) in [6.45, 7) is 1.32. The lowest BCUT2D eigenvalue weighted by Crippen LogP contribution is -2.54. The fourth-order valence-electron chi connectivity index (χ4n) is 2.44. The van der Waals surface area contributed by atoms with Crippen LogP contribution < -0.4 is 0 Å². The molecule has 0 spiro atoms. The molecule has 0 bridgehead atoms. The van der Waals surface area contributed by atoms with Crippen LogP contribution in [-0.4, -0.2) is 43.4 Å². The Kier molecular flexibility index (Phi) is 2.91. The van der Waals surface area contributed by atoms with E-state index in [-0.39, 0.29) is 18.2 Å². The van der Waals surface area contributed by atoms with Gasteiger partial charge in [-0.2, -0.15) is 0 Å². The van der Waals surface area contributed by atoms with E-state index in [2.05, 4.69) is 0 Å². The van der Waals surface area contributed by atoms with Gasteiger partial charge in [-0.15, -0.1) is 0 Å². The predicted molar refractivity (Wildman–Crippen MR) is 51.1 cm³/mol. The van der Waals surface area contributed by atoms with Crippen molar-refractivity contribution in [1.29, 1.82) is 0 Å². The number of hydrogen-bond donors (Lipinski definition) is 0. The highest BCUT2D eigenvalue weighted by atomic mass is 16.5. The molecule has 2 atom stereocenters. The number of ether oxygens (including phenoxy) is 2. The van der Waals surface area contributed by atoms with Crippen LogP contribution in [0.2, 0.25) is 0 Å². The van der Waals surface area contributed by atoms with E-state index in [1.54, 1.807) is 0 Å². The van der Waals surface area contributed by atoms with Crippen molar-refractivity contribution in [3.63, 3.8) is 0 Å². The van der Waals surface area contributed by atoms with Crippen LogP contribution in [0.1, 0.15) is 25.7 Å². The summed E-state index contributed by atoms with van der Waals surface area (Å²) in [5.41, 5.74) is 0. The number of carbonyl (C=O) groups is 1. The Balaban J connectivity index is 2.04. The summed E-state index contributed by atoms with van der Waals surface area (Å²) in [7, 11) is 1.44. The van der Waals surface area contributed by atoms with Gasteiger partial charge in [0.2, 0.25) is 0 Å². The van der Waals surface area contributed by atoms with Gasteiger partial charge in [0, 0.05) is 6.54 Å². The van der Waals surface area contributed by atoms with Gasteiger partial charge in [0.25, 0.3) is 0 Å². The molecular formula is C10H17NO3. The topological polar surface area (TPSA) is 38.8 Å². The molecule has 2 fully saturated rings. The minimum atomic E-state index is -0.204. The van der Waals surface area contributed by atoms with Crippen LogP contribution in [0, 0.1) is 0 Å². The van der Waals surface area contributed by atoms with E-state index in [4.69, 9.17) is 9.47 Å². The van der Waals surface area contributed by atoms with Gasteiger partial charge >= 0.3 is 6.09 Å². The number of rotatable bonds is 0. The summed E-state index contributed by atoms with van der Waals surface area (Å²) in [5, 5.41) is 0. The molecule has 1 saturated carbocycles. The maximum atomic E-state index is 11.5. The molecule has 0 radical (unpaired) electrons. The van der Waals surface area contributed by atoms with Crippen molar-refractivity contribution >= 4 is 6.09 Å². The first kappa shape index (κ1) is 9.77. The van der Waals surface area contributed by atoms with Gasteiger partial charge < -0.3 is 14.4 Å². The van der Waals surface area contributed by atoms with Gasteiger partial charge in [-0.1, -0.05) is 12.8 Å². The van der Waals surface area contributed by atoms with Crippen molar-refractivity contribution in [2.45, 2.75) is 37.8 Å². The Morgan fingerprint density at radius 1 is 1.43 bits per heavy atom. The molecule has 14 heavy (non-hydrogen) atoms. The highest BCUT2D eigenvalue weighted by Crippen LogP contribution is 2.28. The molecule has 0 aromatic carbocycles. The lowest BCUT2D eigenvalue weighted by atomic mass is 9.90. The smallest absolute Gasteiger partial charge is 0.409 e. The van der Waals surface area contributed by atoms with Crippen molar-refractivity contribution in [2.75, 3.05) is 20.3 Å². The molecule has 1 saturated heterocycles. The number of hydrogen-bond acceptors (Lipinski definition) is 3. The van der Waals surface area contributed by atoms with Crippen LogP contribution >= 0.6 is 0 Å². The summed E-state index contributed by atoms with van der Waals surface area (Å²) in [6.07, 6.45) is 4.59. The van der Waals surface area contributed by atoms with E-state index in [0.717, 1.165) is 12.8 Å². The summed E-state index contributed by atoms with van der Waals surface area (Å²) >= 11 is 0. The molecule has 0 N–H and O–H groups in total. The van der Waals surface area contributed by atoms with Gasteiger partial charge in [-0.3, -0.25) is 0 Å². The molecule has 4 nitrogen and oxygen atoms in total. The Bertz CT molecular complexity index is 217. The molecular weight excluding hydrogens is 182 g/mol. The average molecular weight is 199 g/mol. The number of morpholine rings is 1. The van der Waals surface area contributed by atoms with Crippen molar-refractivity contribution in [3.05, 3.63) is 0 Å². The van der Waals surface area contributed by atoms with Crippen LogP contribution in [0.15, 0.2) is 0 Å². The van der Waals surface area contributed by atoms with E-state index in [0.29, 0.717) is 13.2 Å². The molecule has 0 aromatic heterocycles. The second kappa shape index (κ2) is 4.17. The number of nitrogens with zero attached hydrogens (tertiary/aromatic N) is 1. The Morgan fingerprint density at radius 2 is 2.21 bits per heavy atom. The standard InChI is InChI=1S/C10H17NO3/c1-13-10(12)11-6-7-14-9-5-3-2-4-8(9)11/h8-9H,2-7H2,1H3. The third-order valence-electron chi connectivity index (χ3n) is 3.14. The maximum Gasteiger partial charge on any atom is 0.409 e. The first-order valence-corrected chi connectivity index (χ1v) is 5.29. The zero-order valence-electron chi connectivity index (χ0n) is 8.57. The van der Waals surface area contributed by atoms with Crippen molar-refractivity contribution in [3.8, 4) is 0 Å². The second-order valence-corrected chi connectivity index (χ2v) is 3.92. The van der Waals surface area contributed by atoms with Crippen molar-refractivity contribution < 1.29 is 14.3 Å². The van der Waals surface area contributed by atoms with Gasteiger partial charge in [0.15, 0.2) is 0 Å². The third kappa shape index (κ3) is 1.71. The van der Waals surface area contributed by atoms with Gasteiger partial charge in [0.1, 0.15) is 0 Å². The zero-order chi connectivity index (χ0) is 9.97. The van der Waals surface area contributed by atoms with Gasteiger partial charge in [-0.25, -0.2) is 4.79 Å². The molecule has 4 heteroatoms. The largest absolute Gasteiger partial charge is 0.453 e. The van der Waals surface area contributed by atoms with Gasteiger partial charge in [-0.05, 0) is 12.8 Å². The van der Waals surface area contributed by atoms with Crippen molar-refractivity contribution in [1.82, 2.24) is 4.90 Å². The first-order chi connectivity index (χ1) is 6.83. The van der Waals surface area contributed by atoms with Crippen LogP contribution in [0.3, 0.4) is 0 Å². The highest BCUT2D eigenvalue weighted by molar-refractivity contribution is 5.68. The molecule has 1 aliphatic carbocycles. The Morgan fingerprint density at radius 3 is 3.00 bits per heavy atom. The highest BCUT2D eigenvalue weighted by Gasteiger charge is 2.36. The molecule has 1 heterocycles. The molecule has 2 unspecified atom stereocenters. The lowest BCUT2D eigenvalue weighted by Gasteiger charge is -2.42. The van der Waals surface area contributed by atoms with E-state index < -0.39 is 0 Å². The van der Waals surface area contributed by atoms with E-state index in [9.17, 15) is 4.79 Å². The molecule has 1 aliphatic heterocycles. The Labute approximate surface area is 84.2 Å². The summed E-state index contributed by atoms with van der Waals surface area (Å²) < 4.78 is 10.4. The fraction of sp³-hybridized carbons (Fsp3) is 0.900. The summed E-state index contributed by atoms with van der Waals surface area (Å²) in [5.74, 6) is 0. The summed E-state index contributed by atoms with van der Waals surface area (Å²) in [6, 6.07) is 0.255. The quantitative estimate of drug-likeness (QED) is 0.592. The fourth-order valence-corrected chi connectivity index (χ4v) is 2.44. The SMILES string of the molecule is COC(=O)N1CCOC2CCCCC21. The number of carbonyl (C=O) groups excluding carboxylic acids is 1. The molecule has 1 amide bonds. The van der Waals surface area contributed by atoms with Crippen molar-refractivity contribution in [2.24, 2.45) is 0 Å². The van der Waals surface area contributed by atoms with Crippen LogP contribution in [0.4, 0.5) is 4.79 Å². The zero-order valence-corrected chi connectivity index (χ0v) is 8.57. The molecule has 80 valence electrons. The van der Waals surface area contributed by atoms with E-state index >= 15 is 0 Å². The van der Waals surface area contributed by atoms with Gasteiger partial charge in [0.05, 0.1) is 25.9 Å². The Hall–Kier alpha value is -0.770. The first-order valence-electron chi connectivity index (χ1n) is 5.29. The third-order valence-corrected chi connectivity index (χ3v) is 3.14. The molecule has 2 aliphatic rings. The summed E-state index contributed by atoms with van der Waals surface area (Å²) in [4.78, 5) is 13.3. The lowest BCUT2D eigenvalue weighted by molar-refractivity contribution is -0.0795. The number of fused-ring (bicyclic) bond motifs is 1. The number of amides is 1. The maximum absolute atomic E-state index is 11.5. The average Bonchev–Trinajstić information content (AvgIpc) is 2.27. The molecule has 2 rings (SSSR count). The van der Waals surface area contributed by atoms with E-state index in [1.165, 1.54) is 20.0 Å². The van der Waals surface area contributed by atoms with E-state index in [1.807, 2.05) is 4.90 Å². The van der Waals surface area contributed by atoms with Crippen LogP contribution in [0.25, 0.3) is 0 Å².